The molecule has 1 aliphatic heterocycles. The van der Waals surface area contributed by atoms with Crippen molar-refractivity contribution < 1.29 is 19.4 Å². The first kappa shape index (κ1) is 20.1. The van der Waals surface area contributed by atoms with Gasteiger partial charge in [0, 0.05) is 31.9 Å². The van der Waals surface area contributed by atoms with E-state index in [9.17, 15) is 19.8 Å². The van der Waals surface area contributed by atoms with Crippen molar-refractivity contribution in [3.63, 3.8) is 0 Å². The molecule has 0 bridgehead atoms. The minimum Gasteiger partial charge on any atom is -0.477 e. The molecule has 1 saturated heterocycles. The van der Waals surface area contributed by atoms with Gasteiger partial charge in [-0.3, -0.25) is 4.79 Å². The van der Waals surface area contributed by atoms with Gasteiger partial charge in [-0.25, -0.2) is 9.18 Å². The summed E-state index contributed by atoms with van der Waals surface area (Å²) in [6.45, 7) is 3.68. The lowest BCUT2D eigenvalue weighted by molar-refractivity contribution is 0.0635. The van der Waals surface area contributed by atoms with Crippen LogP contribution in [0.5, 0.6) is 0 Å². The van der Waals surface area contributed by atoms with Crippen LogP contribution in [-0.4, -0.2) is 52.5 Å². The Morgan fingerprint density at radius 1 is 1.45 bits per heavy atom. The summed E-state index contributed by atoms with van der Waals surface area (Å²) in [6, 6.07) is 1.11. The fourth-order valence-corrected chi connectivity index (χ4v) is 4.47. The van der Waals surface area contributed by atoms with E-state index >= 15 is 4.39 Å². The molecule has 1 aliphatic carbocycles. The van der Waals surface area contributed by atoms with Crippen molar-refractivity contribution in [2.24, 2.45) is 0 Å². The second kappa shape index (κ2) is 7.27. The number of carbonyl (C=O) groups is 1. The van der Waals surface area contributed by atoms with Crippen LogP contribution in [0.2, 0.25) is 5.02 Å². The van der Waals surface area contributed by atoms with Crippen LogP contribution in [0, 0.1) is 5.82 Å². The second-order valence-electron chi connectivity index (χ2n) is 7.91. The van der Waals surface area contributed by atoms with E-state index in [0.717, 1.165) is 18.9 Å². The van der Waals surface area contributed by atoms with Gasteiger partial charge in [0.1, 0.15) is 11.4 Å². The number of β-amino-alcohol motifs (C(OH)–C–C–N with tert-alkyl or cyclic N) is 1. The predicted octanol–water partition coefficient (Wildman–Crippen LogP) is 2.38. The maximum Gasteiger partial charge on any atom is 0.341 e. The summed E-state index contributed by atoms with van der Waals surface area (Å²) >= 11 is 6.62. The molecule has 2 aliphatic rings. The average molecular weight is 424 g/mol. The average Bonchev–Trinajstić information content (AvgIpc) is 3.44. The second-order valence-corrected chi connectivity index (χ2v) is 8.29. The van der Waals surface area contributed by atoms with E-state index in [4.69, 9.17) is 11.6 Å². The molecular formula is C20H23ClFN3O4. The molecule has 1 atom stereocenters. The number of hydrogen-bond donors (Lipinski definition) is 3. The predicted molar refractivity (Wildman–Crippen MR) is 109 cm³/mol. The Bertz CT molecular complexity index is 1050. The van der Waals surface area contributed by atoms with Crippen LogP contribution in [0.15, 0.2) is 17.1 Å². The van der Waals surface area contributed by atoms with Crippen LogP contribution < -0.4 is 15.6 Å². The number of rotatable bonds is 6. The quantitative estimate of drug-likeness (QED) is 0.660. The summed E-state index contributed by atoms with van der Waals surface area (Å²) in [5, 5.41) is 23.3. The van der Waals surface area contributed by atoms with Gasteiger partial charge in [0.15, 0.2) is 0 Å². The fraction of sp³-hybridized carbons (Fsp3) is 0.500. The van der Waals surface area contributed by atoms with Crippen LogP contribution in [-0.2, 0) is 0 Å². The number of halogens is 2. The maximum absolute atomic E-state index is 15.1. The molecule has 2 fully saturated rings. The molecule has 156 valence electrons. The van der Waals surface area contributed by atoms with Crippen molar-refractivity contribution in [3.05, 3.63) is 38.9 Å². The fourth-order valence-electron chi connectivity index (χ4n) is 4.06. The molecule has 1 saturated carbocycles. The van der Waals surface area contributed by atoms with Crippen LogP contribution in [0.25, 0.3) is 10.9 Å². The molecule has 3 N–H and O–H groups in total. The molecule has 9 heteroatoms. The topological polar surface area (TPSA) is 94.8 Å². The number of carboxylic acids is 1. The van der Waals surface area contributed by atoms with Crippen LogP contribution in [0.3, 0.4) is 0 Å². The Morgan fingerprint density at radius 3 is 2.79 bits per heavy atom. The molecular weight excluding hydrogens is 401 g/mol. The largest absolute Gasteiger partial charge is 0.477 e. The van der Waals surface area contributed by atoms with Crippen LogP contribution >= 0.6 is 11.6 Å². The first-order valence-corrected chi connectivity index (χ1v) is 10.1. The van der Waals surface area contributed by atoms with Crippen molar-refractivity contribution in [1.82, 2.24) is 9.88 Å². The molecule has 1 aromatic heterocycles. The highest BCUT2D eigenvalue weighted by Crippen LogP contribution is 2.43. The van der Waals surface area contributed by atoms with Gasteiger partial charge in [-0.05, 0) is 31.9 Å². The van der Waals surface area contributed by atoms with Gasteiger partial charge < -0.3 is 25.0 Å². The number of fused-ring (bicyclic) bond motifs is 1. The number of anilines is 1. The molecule has 4 rings (SSSR count). The van der Waals surface area contributed by atoms with Crippen molar-refractivity contribution >= 4 is 34.2 Å². The van der Waals surface area contributed by atoms with Gasteiger partial charge in [-0.2, -0.15) is 0 Å². The van der Waals surface area contributed by atoms with E-state index in [-0.39, 0.29) is 28.7 Å². The zero-order valence-corrected chi connectivity index (χ0v) is 16.8. The number of nitrogens with zero attached hydrogens (tertiary/aromatic N) is 2. The standard InChI is InChI=1S/C20H23ClFN3O4/c1-2-23-9-20(29)5-6-24(10-20)17-14(22)7-12-16(15(17)21)25(11-3-4-11)8-13(18(12)26)19(27)28/h7-8,11,23,29H,2-6,9-10H2,1H3,(H,27,28). The van der Waals surface area contributed by atoms with E-state index in [0.29, 0.717) is 31.6 Å². The summed E-state index contributed by atoms with van der Waals surface area (Å²) in [5.41, 5.74) is -1.65. The summed E-state index contributed by atoms with van der Waals surface area (Å²) < 4.78 is 16.8. The summed E-state index contributed by atoms with van der Waals surface area (Å²) in [4.78, 5) is 25.8. The third-order valence-electron chi connectivity index (χ3n) is 5.71. The van der Waals surface area contributed by atoms with Crippen molar-refractivity contribution in [2.45, 2.75) is 37.8 Å². The summed E-state index contributed by atoms with van der Waals surface area (Å²) in [5.74, 6) is -2.04. The molecule has 1 aromatic carbocycles. The van der Waals surface area contributed by atoms with E-state index < -0.39 is 28.4 Å². The molecule has 7 nitrogen and oxygen atoms in total. The number of carboxylic acid groups (broad SMARTS) is 1. The van der Waals surface area contributed by atoms with Crippen molar-refractivity contribution in [2.75, 3.05) is 31.1 Å². The molecule has 0 spiro atoms. The Labute approximate surface area is 171 Å². The van der Waals surface area contributed by atoms with E-state index in [2.05, 4.69) is 5.32 Å². The molecule has 29 heavy (non-hydrogen) atoms. The first-order valence-electron chi connectivity index (χ1n) is 9.74. The third-order valence-corrected chi connectivity index (χ3v) is 6.07. The minimum atomic E-state index is -1.35. The number of likely N-dealkylation sites (N-methyl/N-ethyl adjacent to an activating group) is 1. The number of aromatic nitrogens is 1. The maximum atomic E-state index is 15.1. The zero-order valence-electron chi connectivity index (χ0n) is 16.0. The van der Waals surface area contributed by atoms with Gasteiger partial charge in [0.05, 0.1) is 27.2 Å². The smallest absolute Gasteiger partial charge is 0.341 e. The highest BCUT2D eigenvalue weighted by molar-refractivity contribution is 6.38. The van der Waals surface area contributed by atoms with Crippen LogP contribution in [0.4, 0.5) is 10.1 Å². The summed E-state index contributed by atoms with van der Waals surface area (Å²) in [6.07, 6.45) is 3.45. The summed E-state index contributed by atoms with van der Waals surface area (Å²) in [7, 11) is 0. The SMILES string of the molecule is CCNCC1(O)CCN(c2c(F)cc3c(=O)c(C(=O)O)cn(C4CC4)c3c2Cl)C1. The van der Waals surface area contributed by atoms with E-state index in [1.165, 1.54) is 6.20 Å². The Morgan fingerprint density at radius 2 is 2.17 bits per heavy atom. The molecule has 0 radical (unpaired) electrons. The van der Waals surface area contributed by atoms with E-state index in [1.807, 2.05) is 6.92 Å². The van der Waals surface area contributed by atoms with Gasteiger partial charge in [0.2, 0.25) is 5.43 Å². The number of nitrogens with one attached hydrogen (secondary N) is 1. The monoisotopic (exact) mass is 423 g/mol. The van der Waals surface area contributed by atoms with Crippen LogP contribution in [0.1, 0.15) is 42.6 Å². The Balaban J connectivity index is 1.85. The van der Waals surface area contributed by atoms with Crippen molar-refractivity contribution in [1.29, 1.82) is 0 Å². The van der Waals surface area contributed by atoms with Gasteiger partial charge in [0.25, 0.3) is 0 Å². The van der Waals surface area contributed by atoms with Gasteiger partial charge >= 0.3 is 5.97 Å². The van der Waals surface area contributed by atoms with Crippen molar-refractivity contribution in [3.8, 4) is 0 Å². The Kier molecular flexibility index (Phi) is 5.04. The molecule has 1 unspecified atom stereocenters. The lowest BCUT2D eigenvalue weighted by Gasteiger charge is -2.26. The number of benzene rings is 1. The number of aliphatic hydroxyl groups is 1. The number of aromatic carboxylic acids is 1. The minimum absolute atomic E-state index is 0.0369. The lowest BCUT2D eigenvalue weighted by Crippen LogP contribution is -2.43. The molecule has 2 heterocycles. The molecule has 2 aromatic rings. The third kappa shape index (κ3) is 3.49. The molecule has 0 amide bonds. The van der Waals surface area contributed by atoms with Gasteiger partial charge in [-0.1, -0.05) is 18.5 Å². The highest BCUT2D eigenvalue weighted by atomic mass is 35.5. The Hall–Kier alpha value is -2.16. The number of hydrogen-bond acceptors (Lipinski definition) is 5. The normalized spacial score (nSPS) is 21.9. The lowest BCUT2D eigenvalue weighted by atomic mass is 10.0. The number of pyridine rings is 1. The first-order chi connectivity index (χ1) is 13.8. The van der Waals surface area contributed by atoms with Gasteiger partial charge in [-0.15, -0.1) is 0 Å². The zero-order chi connectivity index (χ0) is 20.9. The highest BCUT2D eigenvalue weighted by Gasteiger charge is 2.38. The van der Waals surface area contributed by atoms with E-state index in [1.54, 1.807) is 9.47 Å².